The van der Waals surface area contributed by atoms with Crippen molar-refractivity contribution in [2.75, 3.05) is 6.61 Å². The monoisotopic (exact) mass is 382 g/mol. The number of carbonyl (C=O) groups is 1. The summed E-state index contributed by atoms with van der Waals surface area (Å²) in [6.45, 7) is 7.87. The zero-order valence-electron chi connectivity index (χ0n) is 16.3. The van der Waals surface area contributed by atoms with Crippen LogP contribution >= 0.6 is 11.6 Å². The first-order valence-electron chi connectivity index (χ1n) is 9.44. The van der Waals surface area contributed by atoms with Crippen LogP contribution in [0.1, 0.15) is 71.5 Å². The predicted molar refractivity (Wildman–Crippen MR) is 103 cm³/mol. The van der Waals surface area contributed by atoms with Gasteiger partial charge in [0.2, 0.25) is 0 Å². The topological polar surface area (TPSA) is 55.8 Å². The highest BCUT2D eigenvalue weighted by Gasteiger charge is 2.37. The van der Waals surface area contributed by atoms with E-state index in [-0.39, 0.29) is 18.0 Å². The third-order valence-corrected chi connectivity index (χ3v) is 5.22. The Kier molecular flexibility index (Phi) is 7.12. The lowest BCUT2D eigenvalue weighted by Gasteiger charge is -2.33. The van der Waals surface area contributed by atoms with Crippen LogP contribution in [0.2, 0.25) is 5.02 Å². The Morgan fingerprint density at radius 3 is 2.46 bits per heavy atom. The van der Waals surface area contributed by atoms with Crippen molar-refractivity contribution in [3.8, 4) is 0 Å². The second-order valence-corrected chi connectivity index (χ2v) is 8.77. The van der Waals surface area contributed by atoms with E-state index in [1.165, 1.54) is 0 Å². The number of esters is 1. The molecule has 26 heavy (non-hydrogen) atoms. The maximum atomic E-state index is 12.0. The van der Waals surface area contributed by atoms with Gasteiger partial charge in [0.05, 0.1) is 18.1 Å². The average molecular weight is 383 g/mol. The van der Waals surface area contributed by atoms with Crippen LogP contribution in [0.5, 0.6) is 0 Å². The molecule has 1 aromatic carbocycles. The van der Waals surface area contributed by atoms with Gasteiger partial charge in [0.1, 0.15) is 0 Å². The van der Waals surface area contributed by atoms with E-state index >= 15 is 0 Å². The smallest absolute Gasteiger partial charge is 0.311 e. The van der Waals surface area contributed by atoms with Crippen LogP contribution in [0.4, 0.5) is 0 Å². The molecule has 1 aliphatic rings. The van der Waals surface area contributed by atoms with Crippen molar-refractivity contribution in [2.45, 2.75) is 71.7 Å². The van der Waals surface area contributed by atoms with Crippen LogP contribution in [-0.2, 0) is 14.3 Å². The summed E-state index contributed by atoms with van der Waals surface area (Å²) in [6, 6.07) is 7.56. The molecule has 5 heteroatoms. The molecule has 0 radical (unpaired) electrons. The van der Waals surface area contributed by atoms with Crippen LogP contribution in [0, 0.1) is 11.3 Å². The van der Waals surface area contributed by atoms with E-state index in [1.807, 2.05) is 52.0 Å². The van der Waals surface area contributed by atoms with Crippen molar-refractivity contribution in [2.24, 2.45) is 11.3 Å². The van der Waals surface area contributed by atoms with Gasteiger partial charge in [-0.25, -0.2) is 0 Å². The van der Waals surface area contributed by atoms with Gasteiger partial charge in [-0.3, -0.25) is 4.79 Å². The molecule has 0 aromatic heterocycles. The number of aliphatic hydroxyl groups is 1. The van der Waals surface area contributed by atoms with Gasteiger partial charge in [-0.05, 0) is 57.6 Å². The molecule has 4 nitrogen and oxygen atoms in total. The highest BCUT2D eigenvalue weighted by molar-refractivity contribution is 6.31. The number of hydrogen-bond donors (Lipinski definition) is 1. The molecule has 0 bridgehead atoms. The third-order valence-electron chi connectivity index (χ3n) is 4.88. The minimum atomic E-state index is -1.10. The molecule has 1 aliphatic carbocycles. The zero-order chi connectivity index (χ0) is 19.4. The molecule has 0 amide bonds. The summed E-state index contributed by atoms with van der Waals surface area (Å²) in [5, 5.41) is 11.4. The van der Waals surface area contributed by atoms with Crippen molar-refractivity contribution in [1.82, 2.24) is 0 Å². The van der Waals surface area contributed by atoms with Crippen molar-refractivity contribution in [3.05, 3.63) is 34.9 Å². The van der Waals surface area contributed by atoms with Gasteiger partial charge in [-0.2, -0.15) is 0 Å². The first-order chi connectivity index (χ1) is 12.1. The lowest BCUT2D eigenvalue weighted by molar-refractivity contribution is -0.237. The summed E-state index contributed by atoms with van der Waals surface area (Å²) in [7, 11) is 0. The fourth-order valence-electron chi connectivity index (χ4n) is 3.18. The number of ether oxygens (including phenoxy) is 2. The molecule has 1 fully saturated rings. The molecule has 1 saturated carbocycles. The summed E-state index contributed by atoms with van der Waals surface area (Å²) in [6.07, 6.45) is 3.49. The number of benzene rings is 1. The number of rotatable bonds is 7. The lowest BCUT2D eigenvalue weighted by Crippen LogP contribution is -2.33. The van der Waals surface area contributed by atoms with E-state index in [9.17, 15) is 9.90 Å². The predicted octanol–water partition coefficient (Wildman–Crippen LogP) is 5.28. The largest absolute Gasteiger partial charge is 0.465 e. The highest BCUT2D eigenvalue weighted by atomic mass is 35.5. The van der Waals surface area contributed by atoms with Gasteiger partial charge >= 0.3 is 5.97 Å². The summed E-state index contributed by atoms with van der Waals surface area (Å²) in [5.41, 5.74) is 0.352. The standard InChI is InChI=1S/C21H31ClO4/c1-15(11-14-25-19(23)20(2,3)4)18(16-9-5-6-10-17(16)22)26-21(24)12-7-8-13-21/h5-6,9-10,15,18,24H,7-8,11-14H2,1-4H3/t15-,18+/m1/s1. The third kappa shape index (κ3) is 5.70. The van der Waals surface area contributed by atoms with Crippen LogP contribution < -0.4 is 0 Å². The summed E-state index contributed by atoms with van der Waals surface area (Å²) in [4.78, 5) is 12.0. The molecular formula is C21H31ClO4. The Hall–Kier alpha value is -1.10. The average Bonchev–Trinajstić information content (AvgIpc) is 2.99. The zero-order valence-corrected chi connectivity index (χ0v) is 17.0. The first kappa shape index (κ1) is 21.2. The molecule has 146 valence electrons. The Labute approximate surface area is 161 Å². The second kappa shape index (κ2) is 8.73. The molecule has 0 saturated heterocycles. The van der Waals surface area contributed by atoms with Gasteiger partial charge in [0.25, 0.3) is 0 Å². The van der Waals surface area contributed by atoms with Gasteiger partial charge in [-0.1, -0.05) is 36.7 Å². The molecule has 2 atom stereocenters. The minimum Gasteiger partial charge on any atom is -0.465 e. The lowest BCUT2D eigenvalue weighted by atomic mass is 9.93. The molecule has 0 heterocycles. The van der Waals surface area contributed by atoms with Crippen LogP contribution in [-0.4, -0.2) is 23.5 Å². The summed E-state index contributed by atoms with van der Waals surface area (Å²) < 4.78 is 11.6. The number of hydrogen-bond acceptors (Lipinski definition) is 4. The normalized spacial score (nSPS) is 19.2. The molecule has 1 N–H and O–H groups in total. The Bertz CT molecular complexity index is 602. The van der Waals surface area contributed by atoms with E-state index in [4.69, 9.17) is 21.1 Å². The fraction of sp³-hybridized carbons (Fsp3) is 0.667. The second-order valence-electron chi connectivity index (χ2n) is 8.37. The van der Waals surface area contributed by atoms with E-state index in [1.54, 1.807) is 0 Å². The van der Waals surface area contributed by atoms with Gasteiger partial charge < -0.3 is 14.6 Å². The molecule has 0 unspecified atom stereocenters. The molecule has 1 aromatic rings. The fourth-order valence-corrected chi connectivity index (χ4v) is 3.42. The van der Waals surface area contributed by atoms with E-state index < -0.39 is 11.2 Å². The van der Waals surface area contributed by atoms with Gasteiger partial charge in [-0.15, -0.1) is 0 Å². The van der Waals surface area contributed by atoms with Gasteiger partial charge in [0.15, 0.2) is 5.79 Å². The van der Waals surface area contributed by atoms with Crippen molar-refractivity contribution in [3.63, 3.8) is 0 Å². The molecule has 0 spiro atoms. The summed E-state index contributed by atoms with van der Waals surface area (Å²) >= 11 is 6.39. The minimum absolute atomic E-state index is 0.0345. The highest BCUT2D eigenvalue weighted by Crippen LogP contribution is 2.41. The van der Waals surface area contributed by atoms with Crippen LogP contribution in [0.25, 0.3) is 0 Å². The maximum Gasteiger partial charge on any atom is 0.311 e. The van der Waals surface area contributed by atoms with Crippen LogP contribution in [0.15, 0.2) is 24.3 Å². The number of carbonyl (C=O) groups excluding carboxylic acids is 1. The van der Waals surface area contributed by atoms with E-state index in [0.717, 1.165) is 18.4 Å². The van der Waals surface area contributed by atoms with E-state index in [2.05, 4.69) is 0 Å². The molecule has 0 aliphatic heterocycles. The molecular weight excluding hydrogens is 352 g/mol. The Morgan fingerprint density at radius 1 is 1.27 bits per heavy atom. The Morgan fingerprint density at radius 2 is 1.88 bits per heavy atom. The number of halogens is 1. The van der Waals surface area contributed by atoms with Crippen molar-refractivity contribution < 1.29 is 19.4 Å². The first-order valence-corrected chi connectivity index (χ1v) is 9.82. The van der Waals surface area contributed by atoms with E-state index in [0.29, 0.717) is 30.9 Å². The molecule has 2 rings (SSSR count). The van der Waals surface area contributed by atoms with Crippen molar-refractivity contribution >= 4 is 17.6 Å². The SMILES string of the molecule is C[C@H](CCOC(=O)C(C)(C)C)[C@H](OC1(O)CCCC1)c1ccccc1Cl. The van der Waals surface area contributed by atoms with Crippen LogP contribution in [0.3, 0.4) is 0 Å². The maximum absolute atomic E-state index is 12.0. The van der Waals surface area contributed by atoms with Gasteiger partial charge in [0, 0.05) is 17.9 Å². The quantitative estimate of drug-likeness (QED) is 0.515. The summed E-state index contributed by atoms with van der Waals surface area (Å²) in [5.74, 6) is -1.28. The van der Waals surface area contributed by atoms with Crippen molar-refractivity contribution in [1.29, 1.82) is 0 Å². The Balaban J connectivity index is 2.08.